The second-order valence-corrected chi connectivity index (χ2v) is 6.58. The molecule has 0 heterocycles. The highest BCUT2D eigenvalue weighted by Gasteiger charge is 2.03. The van der Waals surface area contributed by atoms with Crippen molar-refractivity contribution in [1.82, 2.24) is 0 Å². The van der Waals surface area contributed by atoms with Crippen LogP contribution in [0.25, 0.3) is 0 Å². The second-order valence-electron chi connectivity index (χ2n) is 2.47. The molecule has 60 valence electrons. The number of thiol groups is 1. The van der Waals surface area contributed by atoms with Crippen molar-refractivity contribution in [3.8, 4) is 0 Å². The normalized spacial score (nSPS) is 15.8. The summed E-state index contributed by atoms with van der Waals surface area (Å²) in [7, 11) is 0. The molecule has 1 atom stereocenters. The van der Waals surface area contributed by atoms with Crippen LogP contribution in [0.4, 0.5) is 0 Å². The summed E-state index contributed by atoms with van der Waals surface area (Å²) in [4.78, 5) is 0. The van der Waals surface area contributed by atoms with E-state index in [1.807, 2.05) is 30.3 Å². The van der Waals surface area contributed by atoms with Gasteiger partial charge in [0.2, 0.25) is 0 Å². The molecular weight excluding hydrogens is 175 g/mol. The van der Waals surface area contributed by atoms with Gasteiger partial charge in [0.05, 0.1) is 6.41 Å². The first kappa shape index (κ1) is 8.85. The van der Waals surface area contributed by atoms with Gasteiger partial charge in [0.25, 0.3) is 0 Å². The molecule has 0 bridgehead atoms. The van der Waals surface area contributed by atoms with Crippen molar-refractivity contribution in [2.24, 2.45) is 5.50 Å². The van der Waals surface area contributed by atoms with Crippen molar-refractivity contribution in [2.75, 3.05) is 0 Å². The molecule has 0 aliphatic rings. The summed E-state index contributed by atoms with van der Waals surface area (Å²) in [6.45, 7) is 0. The van der Waals surface area contributed by atoms with Gasteiger partial charge in [0, 0.05) is 6.16 Å². The zero-order valence-corrected chi connectivity index (χ0v) is 7.85. The van der Waals surface area contributed by atoms with Crippen LogP contribution in [0.2, 0.25) is 0 Å². The molecule has 0 aliphatic carbocycles. The predicted molar refractivity (Wildman–Crippen MR) is 53.0 cm³/mol. The van der Waals surface area contributed by atoms with Gasteiger partial charge in [0.1, 0.15) is 0 Å². The second kappa shape index (κ2) is 3.44. The first-order chi connectivity index (χ1) is 5.08. The van der Waals surface area contributed by atoms with E-state index in [9.17, 15) is 0 Å². The van der Waals surface area contributed by atoms with Gasteiger partial charge in [-0.15, -0.1) is 12.2 Å². The third kappa shape index (κ3) is 3.61. The zero-order chi connectivity index (χ0) is 8.32. The summed E-state index contributed by atoms with van der Waals surface area (Å²) < 4.78 is 0. The molecule has 4 heteroatoms. The van der Waals surface area contributed by atoms with Crippen molar-refractivity contribution >= 4 is 18.7 Å². The van der Waals surface area contributed by atoms with Gasteiger partial charge in [-0.3, -0.25) is 10.7 Å². The number of nitrogens with one attached hydrogen (secondary N) is 1. The molecule has 0 saturated carbocycles. The van der Waals surface area contributed by atoms with E-state index in [2.05, 4.69) is 12.2 Å². The quantitative estimate of drug-likeness (QED) is 0.482. The molecule has 0 radical (unpaired) electrons. The highest BCUT2D eigenvalue weighted by atomic mass is 32.7. The first-order valence-corrected chi connectivity index (χ1v) is 6.46. The lowest BCUT2D eigenvalue weighted by Crippen LogP contribution is -1.90. The fourth-order valence-electron chi connectivity index (χ4n) is 0.862. The molecule has 1 rings (SSSR count). The third-order valence-electron chi connectivity index (χ3n) is 1.27. The molecule has 11 heavy (non-hydrogen) atoms. The third-order valence-corrected chi connectivity index (χ3v) is 2.54. The Morgan fingerprint density at radius 2 is 1.91 bits per heavy atom. The van der Waals surface area contributed by atoms with Crippen molar-refractivity contribution in [2.45, 2.75) is 6.16 Å². The molecular formula is C7H11N2PS. The van der Waals surface area contributed by atoms with E-state index in [-0.39, 0.29) is 0 Å². The van der Waals surface area contributed by atoms with Crippen LogP contribution < -0.4 is 5.50 Å². The molecule has 0 amide bonds. The average molecular weight is 186 g/mol. The van der Waals surface area contributed by atoms with Gasteiger partial charge in [-0.05, 0) is 5.56 Å². The topological polar surface area (TPSA) is 49.9 Å². The number of benzene rings is 1. The summed E-state index contributed by atoms with van der Waals surface area (Å²) in [6, 6.07) is 9.76. The van der Waals surface area contributed by atoms with Crippen LogP contribution in [0, 0.1) is 5.16 Å². The smallest absolute Gasteiger partial charge is 0.0779 e. The van der Waals surface area contributed by atoms with Crippen molar-refractivity contribution in [1.29, 1.82) is 5.16 Å². The van der Waals surface area contributed by atoms with Crippen LogP contribution in [0.3, 0.4) is 0 Å². The standard InChI is InChI=1S/C7H11N2PS/c8-10(9,11)6-7-4-2-1-3-5-7/h1-5H,6H2,(H4,8,9,11). The Morgan fingerprint density at radius 1 is 1.36 bits per heavy atom. The number of rotatable bonds is 2. The molecule has 1 aromatic carbocycles. The van der Waals surface area contributed by atoms with Gasteiger partial charge in [-0.2, -0.15) is 0 Å². The number of hydrogen-bond donors (Lipinski definition) is 3. The molecule has 0 aliphatic heterocycles. The maximum absolute atomic E-state index is 7.42. The van der Waals surface area contributed by atoms with E-state index >= 15 is 0 Å². The minimum Gasteiger partial charge on any atom is -0.294 e. The fraction of sp³-hybridized carbons (Fsp3) is 0.143. The van der Waals surface area contributed by atoms with Gasteiger partial charge >= 0.3 is 0 Å². The number of nitrogens with two attached hydrogens (primary N) is 1. The highest BCUT2D eigenvalue weighted by Crippen LogP contribution is 2.45. The summed E-state index contributed by atoms with van der Waals surface area (Å²) in [5, 5.41) is 7.42. The van der Waals surface area contributed by atoms with Crippen LogP contribution in [0.1, 0.15) is 5.56 Å². The monoisotopic (exact) mass is 186 g/mol. The Kier molecular flexibility index (Phi) is 2.77. The maximum atomic E-state index is 7.42. The van der Waals surface area contributed by atoms with Crippen LogP contribution in [-0.2, 0) is 6.16 Å². The lowest BCUT2D eigenvalue weighted by molar-refractivity contribution is 1.36. The van der Waals surface area contributed by atoms with E-state index in [1.54, 1.807) is 0 Å². The Morgan fingerprint density at radius 3 is 2.36 bits per heavy atom. The molecule has 3 N–H and O–H groups in total. The van der Waals surface area contributed by atoms with E-state index in [0.717, 1.165) is 5.56 Å². The van der Waals surface area contributed by atoms with E-state index in [0.29, 0.717) is 6.16 Å². The highest BCUT2D eigenvalue weighted by molar-refractivity contribution is 8.47. The Hall–Kier alpha value is -0.240. The summed E-state index contributed by atoms with van der Waals surface area (Å²) >= 11 is 4.02. The van der Waals surface area contributed by atoms with Crippen LogP contribution in [0.5, 0.6) is 0 Å². The largest absolute Gasteiger partial charge is 0.294 e. The van der Waals surface area contributed by atoms with Crippen LogP contribution >= 0.6 is 18.7 Å². The molecule has 1 aromatic rings. The van der Waals surface area contributed by atoms with Gasteiger partial charge in [-0.25, -0.2) is 0 Å². The van der Waals surface area contributed by atoms with E-state index in [4.69, 9.17) is 10.7 Å². The lowest BCUT2D eigenvalue weighted by atomic mass is 10.2. The predicted octanol–water partition coefficient (Wildman–Crippen LogP) is 2.69. The van der Waals surface area contributed by atoms with Gasteiger partial charge in [-0.1, -0.05) is 30.3 Å². The van der Waals surface area contributed by atoms with Crippen LogP contribution in [-0.4, -0.2) is 0 Å². The molecule has 0 fully saturated rings. The number of hydrogen-bond acceptors (Lipinski definition) is 1. The maximum Gasteiger partial charge on any atom is 0.0779 e. The fourth-order valence-corrected chi connectivity index (χ4v) is 2.12. The first-order valence-electron chi connectivity index (χ1n) is 3.26. The average Bonchev–Trinajstić information content (AvgIpc) is 1.85. The Balaban J connectivity index is 2.74. The van der Waals surface area contributed by atoms with Crippen molar-refractivity contribution < 1.29 is 0 Å². The molecule has 0 aromatic heterocycles. The molecule has 0 saturated heterocycles. The summed E-state index contributed by atoms with van der Waals surface area (Å²) in [5.74, 6) is 0. The van der Waals surface area contributed by atoms with Crippen molar-refractivity contribution in [3.63, 3.8) is 0 Å². The zero-order valence-electron chi connectivity index (χ0n) is 6.07. The van der Waals surface area contributed by atoms with E-state index in [1.165, 1.54) is 0 Å². The van der Waals surface area contributed by atoms with Crippen LogP contribution in [0.15, 0.2) is 30.3 Å². The Bertz CT molecular complexity index is 267. The minimum atomic E-state index is -2.19. The SMILES string of the molecule is N=P(N)(S)Cc1ccccc1. The van der Waals surface area contributed by atoms with E-state index < -0.39 is 6.41 Å². The van der Waals surface area contributed by atoms with Gasteiger partial charge < -0.3 is 0 Å². The molecule has 2 nitrogen and oxygen atoms in total. The molecule has 0 spiro atoms. The lowest BCUT2D eigenvalue weighted by Gasteiger charge is -2.08. The summed E-state index contributed by atoms with van der Waals surface area (Å²) in [5.41, 5.74) is 6.60. The Labute approximate surface area is 71.9 Å². The summed E-state index contributed by atoms with van der Waals surface area (Å²) in [6.07, 6.45) is -1.61. The molecule has 1 unspecified atom stereocenters. The minimum absolute atomic E-state index is 0.580. The van der Waals surface area contributed by atoms with Crippen molar-refractivity contribution in [3.05, 3.63) is 35.9 Å². The van der Waals surface area contributed by atoms with Gasteiger partial charge in [0.15, 0.2) is 0 Å².